The molecule has 0 radical (unpaired) electrons. The highest BCUT2D eigenvalue weighted by Crippen LogP contribution is 2.28. The molecule has 0 aliphatic rings. The normalized spacial score (nSPS) is 12.4. The highest BCUT2D eigenvalue weighted by molar-refractivity contribution is 7.92. The number of ether oxygens (including phenoxy) is 1. The standard InChI is InChI=1S/C32H41N3O5S/c1-8-28(31(37)33-32(4,5)6)34(21-25-13-11-14-26(20-25)40-7)30(36)22-35(29-15-10-9-12-24(29)3)41(38,39)27-18-16-23(2)17-19-27/h9-20,28H,8,21-22H2,1-7H3,(H,33,37)/t28-/m0/s1. The molecule has 0 unspecified atom stereocenters. The lowest BCUT2D eigenvalue weighted by molar-refractivity contribution is -0.141. The largest absolute Gasteiger partial charge is 0.497 e. The molecule has 1 atom stereocenters. The first-order chi connectivity index (χ1) is 19.3. The molecule has 0 heterocycles. The molecule has 3 aromatic rings. The first-order valence-electron chi connectivity index (χ1n) is 13.7. The number of rotatable bonds is 11. The van der Waals surface area contributed by atoms with Crippen LogP contribution in [-0.2, 0) is 26.2 Å². The van der Waals surface area contributed by atoms with Gasteiger partial charge in [0.05, 0.1) is 17.7 Å². The summed E-state index contributed by atoms with van der Waals surface area (Å²) in [5, 5.41) is 2.98. The second-order valence-corrected chi connectivity index (χ2v) is 13.0. The van der Waals surface area contributed by atoms with Crippen LogP contribution in [0, 0.1) is 13.8 Å². The number of hydrogen-bond acceptors (Lipinski definition) is 5. The molecule has 0 fully saturated rings. The quantitative estimate of drug-likeness (QED) is 0.336. The summed E-state index contributed by atoms with van der Waals surface area (Å²) >= 11 is 0. The van der Waals surface area contributed by atoms with Crippen molar-refractivity contribution >= 4 is 27.5 Å². The van der Waals surface area contributed by atoms with Crippen molar-refractivity contribution < 1.29 is 22.7 Å². The summed E-state index contributed by atoms with van der Waals surface area (Å²) in [4.78, 5) is 29.2. The van der Waals surface area contributed by atoms with Crippen molar-refractivity contribution in [2.75, 3.05) is 18.0 Å². The zero-order valence-corrected chi connectivity index (χ0v) is 25.8. The molecule has 41 heavy (non-hydrogen) atoms. The fraction of sp³-hybridized carbons (Fsp3) is 0.375. The van der Waals surface area contributed by atoms with Gasteiger partial charge in [-0.05, 0) is 82.5 Å². The highest BCUT2D eigenvalue weighted by Gasteiger charge is 2.35. The molecule has 8 nitrogen and oxygen atoms in total. The van der Waals surface area contributed by atoms with Gasteiger partial charge in [0.15, 0.2) is 0 Å². The molecule has 0 aliphatic carbocycles. The minimum absolute atomic E-state index is 0.0796. The average molecular weight is 580 g/mol. The van der Waals surface area contributed by atoms with Crippen molar-refractivity contribution in [2.45, 2.75) is 71.0 Å². The highest BCUT2D eigenvalue weighted by atomic mass is 32.2. The van der Waals surface area contributed by atoms with Gasteiger partial charge in [-0.2, -0.15) is 0 Å². The van der Waals surface area contributed by atoms with Gasteiger partial charge in [-0.25, -0.2) is 8.42 Å². The van der Waals surface area contributed by atoms with E-state index in [1.807, 2.05) is 52.8 Å². The number of carbonyl (C=O) groups excluding carboxylic acids is 2. The third-order valence-corrected chi connectivity index (χ3v) is 8.42. The number of hydrogen-bond donors (Lipinski definition) is 1. The molecule has 0 aromatic heterocycles. The summed E-state index contributed by atoms with van der Waals surface area (Å²) in [5.41, 5.74) is 2.26. The van der Waals surface area contributed by atoms with Crippen molar-refractivity contribution in [3.05, 3.63) is 89.5 Å². The maximum absolute atomic E-state index is 14.2. The molecular formula is C32H41N3O5S. The van der Waals surface area contributed by atoms with Gasteiger partial charge in [-0.3, -0.25) is 13.9 Å². The molecular weight excluding hydrogens is 538 g/mol. The Morgan fingerprint density at radius 2 is 1.61 bits per heavy atom. The Morgan fingerprint density at radius 3 is 2.20 bits per heavy atom. The zero-order valence-electron chi connectivity index (χ0n) is 25.0. The van der Waals surface area contributed by atoms with Crippen LogP contribution < -0.4 is 14.4 Å². The van der Waals surface area contributed by atoms with E-state index in [9.17, 15) is 18.0 Å². The number of benzene rings is 3. The third-order valence-electron chi connectivity index (χ3n) is 6.64. The Labute approximate surface area is 244 Å². The van der Waals surface area contributed by atoms with Crippen LogP contribution in [0.25, 0.3) is 0 Å². The number of sulfonamides is 1. The van der Waals surface area contributed by atoms with E-state index >= 15 is 0 Å². The SMILES string of the molecule is CC[C@@H](C(=O)NC(C)(C)C)N(Cc1cccc(OC)c1)C(=O)CN(c1ccccc1C)S(=O)(=O)c1ccc(C)cc1. The van der Waals surface area contributed by atoms with Gasteiger partial charge in [0.2, 0.25) is 11.8 Å². The van der Waals surface area contributed by atoms with Crippen LogP contribution in [0.3, 0.4) is 0 Å². The minimum Gasteiger partial charge on any atom is -0.497 e. The maximum atomic E-state index is 14.2. The van der Waals surface area contributed by atoms with Gasteiger partial charge in [-0.1, -0.05) is 55.0 Å². The molecule has 3 rings (SSSR count). The number of amides is 2. The van der Waals surface area contributed by atoms with Crippen molar-refractivity contribution in [2.24, 2.45) is 0 Å². The summed E-state index contributed by atoms with van der Waals surface area (Å²) in [6, 6.07) is 20.0. The summed E-state index contributed by atoms with van der Waals surface area (Å²) in [7, 11) is -2.56. The van der Waals surface area contributed by atoms with Gasteiger partial charge in [0.25, 0.3) is 10.0 Å². The zero-order chi connectivity index (χ0) is 30.4. The Kier molecular flexibility index (Phi) is 10.2. The van der Waals surface area contributed by atoms with Gasteiger partial charge in [-0.15, -0.1) is 0 Å². The molecule has 220 valence electrons. The molecule has 2 amide bonds. The second kappa shape index (κ2) is 13.2. The lowest BCUT2D eigenvalue weighted by Crippen LogP contribution is -2.55. The fourth-order valence-electron chi connectivity index (χ4n) is 4.53. The number of para-hydroxylation sites is 1. The molecule has 0 spiro atoms. The van der Waals surface area contributed by atoms with Crippen LogP contribution in [0.1, 0.15) is 50.8 Å². The topological polar surface area (TPSA) is 96.0 Å². The fourth-order valence-corrected chi connectivity index (χ4v) is 6.01. The van der Waals surface area contributed by atoms with Crippen molar-refractivity contribution in [3.8, 4) is 5.75 Å². The predicted octanol–water partition coefficient (Wildman–Crippen LogP) is 5.23. The van der Waals surface area contributed by atoms with Crippen LogP contribution in [0.4, 0.5) is 5.69 Å². The van der Waals surface area contributed by atoms with E-state index in [0.717, 1.165) is 15.4 Å². The second-order valence-electron chi connectivity index (χ2n) is 11.1. The number of anilines is 1. The Balaban J connectivity index is 2.09. The van der Waals surface area contributed by atoms with E-state index < -0.39 is 34.1 Å². The molecule has 0 saturated carbocycles. The van der Waals surface area contributed by atoms with Crippen molar-refractivity contribution in [1.29, 1.82) is 0 Å². The first kappa shape index (κ1) is 31.7. The molecule has 0 aliphatic heterocycles. The van der Waals surface area contributed by atoms with Crippen LogP contribution in [0.5, 0.6) is 5.75 Å². The average Bonchev–Trinajstić information content (AvgIpc) is 2.91. The molecule has 3 aromatic carbocycles. The van der Waals surface area contributed by atoms with Gasteiger partial charge < -0.3 is 15.0 Å². The van der Waals surface area contributed by atoms with E-state index in [0.29, 0.717) is 23.4 Å². The smallest absolute Gasteiger partial charge is 0.264 e. The van der Waals surface area contributed by atoms with E-state index in [1.54, 1.807) is 68.6 Å². The maximum Gasteiger partial charge on any atom is 0.264 e. The number of methoxy groups -OCH3 is 1. The number of carbonyl (C=O) groups is 2. The monoisotopic (exact) mass is 579 g/mol. The third kappa shape index (κ3) is 8.10. The Morgan fingerprint density at radius 1 is 0.951 bits per heavy atom. The van der Waals surface area contributed by atoms with Gasteiger partial charge in [0.1, 0.15) is 18.3 Å². The van der Waals surface area contributed by atoms with Crippen LogP contribution in [0.2, 0.25) is 0 Å². The van der Waals surface area contributed by atoms with E-state index in [1.165, 1.54) is 4.90 Å². The molecule has 0 saturated heterocycles. The Bertz CT molecular complexity index is 1460. The lowest BCUT2D eigenvalue weighted by atomic mass is 10.1. The van der Waals surface area contributed by atoms with E-state index in [2.05, 4.69) is 5.32 Å². The van der Waals surface area contributed by atoms with Gasteiger partial charge in [0, 0.05) is 12.1 Å². The molecule has 0 bridgehead atoms. The summed E-state index contributed by atoms with van der Waals surface area (Å²) in [6.07, 6.45) is 0.340. The number of nitrogens with one attached hydrogen (secondary N) is 1. The first-order valence-corrected chi connectivity index (χ1v) is 15.1. The summed E-state index contributed by atoms with van der Waals surface area (Å²) < 4.78 is 34.5. The van der Waals surface area contributed by atoms with E-state index in [-0.39, 0.29) is 17.3 Å². The number of nitrogens with zero attached hydrogens (tertiary/aromatic N) is 2. The van der Waals surface area contributed by atoms with E-state index in [4.69, 9.17) is 4.74 Å². The molecule has 9 heteroatoms. The lowest BCUT2D eigenvalue weighted by Gasteiger charge is -2.35. The van der Waals surface area contributed by atoms with Crippen molar-refractivity contribution in [1.82, 2.24) is 10.2 Å². The predicted molar refractivity (Wildman–Crippen MR) is 162 cm³/mol. The number of aryl methyl sites for hydroxylation is 2. The van der Waals surface area contributed by atoms with Gasteiger partial charge >= 0.3 is 0 Å². The van der Waals surface area contributed by atoms with Crippen LogP contribution in [-0.4, -0.2) is 50.4 Å². The minimum atomic E-state index is -4.12. The molecule has 1 N–H and O–H groups in total. The summed E-state index contributed by atoms with van der Waals surface area (Å²) in [6.45, 7) is 10.8. The van der Waals surface area contributed by atoms with Crippen LogP contribution >= 0.6 is 0 Å². The van der Waals surface area contributed by atoms with Crippen molar-refractivity contribution in [3.63, 3.8) is 0 Å². The summed E-state index contributed by atoms with van der Waals surface area (Å²) in [5.74, 6) is -0.187. The Hall–Kier alpha value is -3.85. The van der Waals surface area contributed by atoms with Crippen LogP contribution in [0.15, 0.2) is 77.7 Å².